The Morgan fingerprint density at radius 2 is 2.05 bits per heavy atom. The van der Waals surface area contributed by atoms with Crippen molar-refractivity contribution in [2.24, 2.45) is 5.41 Å². The molecule has 0 saturated carbocycles. The second-order valence-electron chi connectivity index (χ2n) is 5.98. The summed E-state index contributed by atoms with van der Waals surface area (Å²) in [4.78, 5) is 0. The van der Waals surface area contributed by atoms with Crippen LogP contribution in [0.3, 0.4) is 0 Å². The maximum atomic E-state index is 13.9. The Balaban J connectivity index is 2.02. The summed E-state index contributed by atoms with van der Waals surface area (Å²) in [7, 11) is 0. The molecule has 0 radical (unpaired) electrons. The highest BCUT2D eigenvalue weighted by molar-refractivity contribution is 7.99. The molecule has 2 heterocycles. The van der Waals surface area contributed by atoms with E-state index in [9.17, 15) is 4.39 Å². The number of thioether (sulfide) groups is 1. The smallest absolute Gasteiger partial charge is 0.210 e. The normalized spacial score (nSPS) is 18.5. The minimum absolute atomic E-state index is 0.113. The van der Waals surface area contributed by atoms with E-state index < -0.39 is 0 Å². The van der Waals surface area contributed by atoms with Crippen LogP contribution in [0.25, 0.3) is 11.4 Å². The number of benzene rings is 1. The minimum Gasteiger partial charge on any atom is -0.318 e. The van der Waals surface area contributed by atoms with Crippen molar-refractivity contribution < 1.29 is 4.39 Å². The van der Waals surface area contributed by atoms with Crippen LogP contribution >= 0.6 is 11.8 Å². The van der Waals surface area contributed by atoms with E-state index in [1.165, 1.54) is 6.07 Å². The van der Waals surface area contributed by atoms with Gasteiger partial charge in [-0.1, -0.05) is 44.7 Å². The molecule has 1 aromatic carbocycles. The van der Waals surface area contributed by atoms with Gasteiger partial charge in [0.15, 0.2) is 5.82 Å². The lowest BCUT2D eigenvalue weighted by Crippen LogP contribution is -2.43. The standard InChI is InChI=1S/C14H17FN4S/c1-14(2,3)11-8-20-13-17-16-12(19(13)18-11)9-6-4-5-7-10(9)15/h4-7,11,18H,8H2,1-3H3. The van der Waals surface area contributed by atoms with Crippen LogP contribution < -0.4 is 5.43 Å². The van der Waals surface area contributed by atoms with Crippen molar-refractivity contribution >= 4 is 11.8 Å². The van der Waals surface area contributed by atoms with Gasteiger partial charge in [-0.05, 0) is 17.5 Å². The molecule has 3 rings (SSSR count). The number of nitrogens with one attached hydrogen (secondary N) is 1. The summed E-state index contributed by atoms with van der Waals surface area (Å²) in [5, 5.41) is 9.05. The second kappa shape index (κ2) is 4.77. The van der Waals surface area contributed by atoms with Crippen molar-refractivity contribution in [2.75, 3.05) is 11.2 Å². The van der Waals surface area contributed by atoms with Gasteiger partial charge in [0, 0.05) is 5.75 Å². The summed E-state index contributed by atoms with van der Waals surface area (Å²) in [6, 6.07) is 6.92. The highest BCUT2D eigenvalue weighted by Crippen LogP contribution is 2.33. The third kappa shape index (κ3) is 2.28. The predicted molar refractivity (Wildman–Crippen MR) is 78.7 cm³/mol. The van der Waals surface area contributed by atoms with Gasteiger partial charge in [-0.3, -0.25) is 0 Å². The average Bonchev–Trinajstić information content (AvgIpc) is 2.81. The summed E-state index contributed by atoms with van der Waals surface area (Å²) in [5.74, 6) is 1.17. The molecule has 0 spiro atoms. The zero-order valence-corrected chi connectivity index (χ0v) is 12.5. The van der Waals surface area contributed by atoms with Crippen molar-refractivity contribution in [3.63, 3.8) is 0 Å². The molecule has 0 fully saturated rings. The number of hydrogen-bond donors (Lipinski definition) is 1. The Bertz CT molecular complexity index is 632. The summed E-state index contributed by atoms with van der Waals surface area (Å²) < 4.78 is 15.7. The molecule has 1 atom stereocenters. The predicted octanol–water partition coefficient (Wildman–Crippen LogP) is 3.15. The van der Waals surface area contributed by atoms with Crippen molar-refractivity contribution in [2.45, 2.75) is 32.0 Å². The number of nitrogens with zero attached hydrogens (tertiary/aromatic N) is 3. The Kier molecular flexibility index (Phi) is 3.20. The van der Waals surface area contributed by atoms with Crippen LogP contribution in [0.15, 0.2) is 29.4 Å². The van der Waals surface area contributed by atoms with Crippen LogP contribution in [0, 0.1) is 11.2 Å². The summed E-state index contributed by atoms with van der Waals surface area (Å²) in [5.41, 5.74) is 3.99. The number of hydrogen-bond acceptors (Lipinski definition) is 4. The minimum atomic E-state index is -0.285. The highest BCUT2D eigenvalue weighted by atomic mass is 32.2. The number of aromatic nitrogens is 3. The van der Waals surface area contributed by atoms with E-state index in [4.69, 9.17) is 0 Å². The van der Waals surface area contributed by atoms with Gasteiger partial charge < -0.3 is 5.43 Å². The third-order valence-electron chi connectivity index (χ3n) is 3.46. The zero-order valence-electron chi connectivity index (χ0n) is 11.7. The maximum absolute atomic E-state index is 13.9. The van der Waals surface area contributed by atoms with Gasteiger partial charge in [0.2, 0.25) is 5.16 Å². The summed E-state index contributed by atoms with van der Waals surface area (Å²) >= 11 is 1.65. The molecule has 2 aromatic rings. The lowest BCUT2D eigenvalue weighted by Gasteiger charge is -2.35. The van der Waals surface area contributed by atoms with Crippen molar-refractivity contribution in [1.29, 1.82) is 0 Å². The van der Waals surface area contributed by atoms with E-state index in [0.717, 1.165) is 10.9 Å². The first-order chi connectivity index (χ1) is 9.47. The lowest BCUT2D eigenvalue weighted by atomic mass is 9.88. The number of rotatable bonds is 1. The van der Waals surface area contributed by atoms with Crippen molar-refractivity contribution in [1.82, 2.24) is 14.9 Å². The molecule has 1 aliphatic rings. The van der Waals surface area contributed by atoms with Crippen molar-refractivity contribution in [3.05, 3.63) is 30.1 Å². The maximum Gasteiger partial charge on any atom is 0.210 e. The monoisotopic (exact) mass is 292 g/mol. The Morgan fingerprint density at radius 3 is 2.75 bits per heavy atom. The summed E-state index contributed by atoms with van der Waals surface area (Å²) in [6.45, 7) is 6.55. The quantitative estimate of drug-likeness (QED) is 0.877. The van der Waals surface area contributed by atoms with Gasteiger partial charge in [-0.15, -0.1) is 10.2 Å². The first-order valence-corrected chi connectivity index (χ1v) is 7.55. The van der Waals surface area contributed by atoms with Crippen molar-refractivity contribution in [3.8, 4) is 11.4 Å². The lowest BCUT2D eigenvalue weighted by molar-refractivity contribution is 0.337. The van der Waals surface area contributed by atoms with Gasteiger partial charge in [-0.2, -0.15) is 0 Å². The van der Waals surface area contributed by atoms with E-state index in [0.29, 0.717) is 11.4 Å². The van der Waals surface area contributed by atoms with Crippen LogP contribution in [-0.2, 0) is 0 Å². The molecule has 1 N–H and O–H groups in total. The topological polar surface area (TPSA) is 42.7 Å². The van der Waals surface area contributed by atoms with Gasteiger partial charge in [0.25, 0.3) is 0 Å². The Hall–Kier alpha value is -1.56. The molecule has 4 nitrogen and oxygen atoms in total. The molecule has 6 heteroatoms. The van der Waals surface area contributed by atoms with E-state index in [-0.39, 0.29) is 17.3 Å². The first-order valence-electron chi connectivity index (χ1n) is 6.56. The molecule has 0 saturated heterocycles. The molecule has 106 valence electrons. The van der Waals surface area contributed by atoms with Crippen LogP contribution in [-0.4, -0.2) is 26.7 Å². The fourth-order valence-corrected chi connectivity index (χ4v) is 3.35. The average molecular weight is 292 g/mol. The van der Waals surface area contributed by atoms with E-state index in [2.05, 4.69) is 36.4 Å². The Labute approximate surface area is 121 Å². The first kappa shape index (κ1) is 13.4. The molecule has 0 bridgehead atoms. The highest BCUT2D eigenvalue weighted by Gasteiger charge is 2.31. The van der Waals surface area contributed by atoms with Crippen LogP contribution in [0.5, 0.6) is 0 Å². The van der Waals surface area contributed by atoms with Crippen LogP contribution in [0.2, 0.25) is 0 Å². The number of halogens is 1. The van der Waals surface area contributed by atoms with E-state index in [1.54, 1.807) is 30.0 Å². The molecule has 1 aromatic heterocycles. The van der Waals surface area contributed by atoms with Crippen LogP contribution in [0.1, 0.15) is 20.8 Å². The summed E-state index contributed by atoms with van der Waals surface area (Å²) in [6.07, 6.45) is 0. The molecule has 20 heavy (non-hydrogen) atoms. The molecular weight excluding hydrogens is 275 g/mol. The van der Waals surface area contributed by atoms with Gasteiger partial charge in [0.1, 0.15) is 5.82 Å². The second-order valence-corrected chi connectivity index (χ2v) is 6.97. The SMILES string of the molecule is CC(C)(C)C1CSc2nnc(-c3ccccc3F)n2N1. The van der Waals surface area contributed by atoms with E-state index >= 15 is 0 Å². The molecule has 1 unspecified atom stereocenters. The van der Waals surface area contributed by atoms with Gasteiger partial charge in [0.05, 0.1) is 11.6 Å². The third-order valence-corrected chi connectivity index (χ3v) is 4.48. The zero-order chi connectivity index (χ0) is 14.3. The van der Waals surface area contributed by atoms with E-state index in [1.807, 2.05) is 4.68 Å². The van der Waals surface area contributed by atoms with Crippen LogP contribution in [0.4, 0.5) is 4.39 Å². The van der Waals surface area contributed by atoms with Gasteiger partial charge in [-0.25, -0.2) is 9.07 Å². The molecule has 0 aliphatic carbocycles. The fraction of sp³-hybridized carbons (Fsp3) is 0.429. The largest absolute Gasteiger partial charge is 0.318 e. The number of fused-ring (bicyclic) bond motifs is 1. The fourth-order valence-electron chi connectivity index (χ4n) is 2.09. The van der Waals surface area contributed by atoms with Gasteiger partial charge >= 0.3 is 0 Å². The molecular formula is C14H17FN4S. The Morgan fingerprint density at radius 1 is 1.30 bits per heavy atom. The molecule has 1 aliphatic heterocycles. The molecule has 0 amide bonds.